The van der Waals surface area contributed by atoms with E-state index in [1.54, 1.807) is 53.3 Å². The molecule has 0 saturated carbocycles. The van der Waals surface area contributed by atoms with E-state index < -0.39 is 0 Å². The van der Waals surface area contributed by atoms with Crippen molar-refractivity contribution in [2.24, 2.45) is 0 Å². The molecule has 0 fully saturated rings. The molecule has 2 aliphatic rings. The van der Waals surface area contributed by atoms with Crippen LogP contribution in [0.5, 0.6) is 0 Å². The average Bonchev–Trinajstić information content (AvgIpc) is 3.85. The minimum absolute atomic E-state index is 0. The zero-order valence-electron chi connectivity index (χ0n) is 26.4. The van der Waals surface area contributed by atoms with Gasteiger partial charge in [-0.2, -0.15) is 12.1 Å². The van der Waals surface area contributed by atoms with Crippen molar-refractivity contribution in [3.8, 4) is 10.6 Å². The number of hydrogen-bond acceptors (Lipinski definition) is 0. The number of fused-ring (bicyclic) bond motifs is 8. The molecule has 47 heavy (non-hydrogen) atoms. The Kier molecular flexibility index (Phi) is 10.6. The summed E-state index contributed by atoms with van der Waals surface area (Å²) >= 11 is 0. The van der Waals surface area contributed by atoms with Crippen LogP contribution < -0.4 is 24.8 Å². The maximum Gasteiger partial charge on any atom is 4.00 e. The molecule has 2 aromatic heterocycles. The Hall–Kier alpha value is -2.53. The summed E-state index contributed by atoms with van der Waals surface area (Å²) in [4.78, 5) is 0. The number of benzene rings is 4. The van der Waals surface area contributed by atoms with Crippen LogP contribution in [0.3, 0.4) is 0 Å². The smallest absolute Gasteiger partial charge is 1.00 e. The first-order chi connectivity index (χ1) is 21.8. The summed E-state index contributed by atoms with van der Waals surface area (Å²) in [6.07, 6.45) is 10.6. The molecule has 2 heterocycles. The molecule has 232 valence electrons. The standard InChI is InChI=1S/2C21H18P.2ClH.Ti/c2*1-2-8-16-14-17(13-15(16)7-1)22-20-11-5-3-9-18(20)19-10-4-6-12-21(19)22;;;/h2*1-3,5,7-9,11,13-14H,4,6,10,12H2;2*1H;/q2*-1;;;+4/p-2. The van der Waals surface area contributed by atoms with Crippen LogP contribution in [-0.4, -0.2) is 0 Å². The van der Waals surface area contributed by atoms with E-state index in [-0.39, 0.29) is 61.6 Å². The Morgan fingerprint density at radius 1 is 0.447 bits per heavy atom. The first kappa shape index (κ1) is 34.3. The SMILES string of the molecule is [Cl-].[Cl-].[Ti+4].c1ccc2[cH-]c(-p3c4c(c5ccccc53)CCCC4)cc2c1.c1ccc2[cH-]c(-p3c4c(c5ccccc53)CCCC4)cc2c1. The average molecular weight is 721 g/mol. The second-order valence-electron chi connectivity index (χ2n) is 12.7. The minimum atomic E-state index is -0.281. The van der Waals surface area contributed by atoms with E-state index in [9.17, 15) is 0 Å². The molecule has 0 saturated heterocycles. The van der Waals surface area contributed by atoms with Gasteiger partial charge in [0.25, 0.3) is 0 Å². The van der Waals surface area contributed by atoms with Gasteiger partial charge in [-0.3, -0.25) is 0 Å². The van der Waals surface area contributed by atoms with Crippen LogP contribution in [0.15, 0.2) is 121 Å². The predicted molar refractivity (Wildman–Crippen MR) is 195 cm³/mol. The third-order valence-electron chi connectivity index (χ3n) is 10.1. The molecule has 0 spiro atoms. The van der Waals surface area contributed by atoms with E-state index in [1.165, 1.54) is 72.9 Å². The first-order valence-corrected chi connectivity index (χ1v) is 19.1. The fourth-order valence-corrected chi connectivity index (χ4v) is 14.1. The van der Waals surface area contributed by atoms with Gasteiger partial charge in [0.15, 0.2) is 0 Å². The number of hydrogen-bond donors (Lipinski definition) is 0. The molecular formula is C42H36Cl2P2Ti. The molecule has 0 aliphatic heterocycles. The summed E-state index contributed by atoms with van der Waals surface area (Å²) in [5.41, 5.74) is 3.36. The van der Waals surface area contributed by atoms with Gasteiger partial charge < -0.3 is 24.8 Å². The first-order valence-electron chi connectivity index (χ1n) is 16.4. The maximum absolute atomic E-state index is 2.43. The molecule has 6 aromatic carbocycles. The third kappa shape index (κ3) is 6.02. The van der Waals surface area contributed by atoms with Gasteiger partial charge in [0.1, 0.15) is 0 Å². The number of halogens is 2. The predicted octanol–water partition coefficient (Wildman–Crippen LogP) is 7.14. The Labute approximate surface area is 307 Å². The van der Waals surface area contributed by atoms with E-state index in [1.807, 2.05) is 0 Å². The zero-order valence-corrected chi connectivity index (χ0v) is 31.2. The normalized spacial score (nSPS) is 14.4. The topological polar surface area (TPSA) is 0 Å². The van der Waals surface area contributed by atoms with Gasteiger partial charge in [0.2, 0.25) is 0 Å². The second-order valence-corrected chi connectivity index (χ2v) is 17.1. The summed E-state index contributed by atoms with van der Waals surface area (Å²) in [5.74, 6) is 0. The molecule has 0 radical (unpaired) electrons. The molecule has 2 unspecified atom stereocenters. The van der Waals surface area contributed by atoms with Gasteiger partial charge in [-0.05, 0) is 83.9 Å². The molecule has 0 N–H and O–H groups in total. The number of rotatable bonds is 2. The van der Waals surface area contributed by atoms with E-state index in [0.29, 0.717) is 0 Å². The Morgan fingerprint density at radius 3 is 1.28 bits per heavy atom. The van der Waals surface area contributed by atoms with Crippen molar-refractivity contribution < 1.29 is 46.5 Å². The van der Waals surface area contributed by atoms with Crippen molar-refractivity contribution in [2.75, 3.05) is 0 Å². The minimum Gasteiger partial charge on any atom is -1.00 e. The second kappa shape index (κ2) is 14.5. The number of aryl methyl sites for hydroxylation is 2. The summed E-state index contributed by atoms with van der Waals surface area (Å²) in [5, 5.41) is 18.5. The third-order valence-corrected chi connectivity index (χ3v) is 15.4. The molecule has 8 aromatic rings. The van der Waals surface area contributed by atoms with Crippen molar-refractivity contribution in [2.45, 2.75) is 51.4 Å². The fourth-order valence-electron chi connectivity index (χ4n) is 8.11. The van der Waals surface area contributed by atoms with Crippen LogP contribution in [-0.2, 0) is 47.4 Å². The molecule has 0 amide bonds. The van der Waals surface area contributed by atoms with Crippen molar-refractivity contribution in [3.63, 3.8) is 0 Å². The van der Waals surface area contributed by atoms with Crippen LogP contribution in [0.4, 0.5) is 0 Å². The van der Waals surface area contributed by atoms with Gasteiger partial charge >= 0.3 is 21.7 Å². The van der Waals surface area contributed by atoms with Crippen LogP contribution >= 0.6 is 15.1 Å². The van der Waals surface area contributed by atoms with E-state index >= 15 is 0 Å². The molecule has 10 rings (SSSR count). The quantitative estimate of drug-likeness (QED) is 0.132. The molecule has 2 atom stereocenters. The van der Waals surface area contributed by atoms with Crippen LogP contribution in [0.2, 0.25) is 0 Å². The van der Waals surface area contributed by atoms with Gasteiger partial charge in [0, 0.05) is 10.2 Å². The van der Waals surface area contributed by atoms with Crippen molar-refractivity contribution in [1.82, 2.24) is 0 Å². The summed E-state index contributed by atoms with van der Waals surface area (Å²) in [7, 11) is -0.561. The summed E-state index contributed by atoms with van der Waals surface area (Å²) in [6, 6.07) is 45.6. The van der Waals surface area contributed by atoms with E-state index in [2.05, 4.69) is 121 Å². The van der Waals surface area contributed by atoms with E-state index in [4.69, 9.17) is 0 Å². The van der Waals surface area contributed by atoms with Crippen molar-refractivity contribution in [1.29, 1.82) is 0 Å². The summed E-state index contributed by atoms with van der Waals surface area (Å²) < 4.78 is 0. The fraction of sp³-hybridized carbons (Fsp3) is 0.190. The largest absolute Gasteiger partial charge is 4.00 e. The van der Waals surface area contributed by atoms with E-state index in [0.717, 1.165) is 0 Å². The zero-order chi connectivity index (χ0) is 29.0. The molecular weight excluding hydrogens is 685 g/mol. The maximum atomic E-state index is 2.43. The van der Waals surface area contributed by atoms with Crippen LogP contribution in [0.1, 0.15) is 47.4 Å². The van der Waals surface area contributed by atoms with Gasteiger partial charge in [-0.1, -0.05) is 71.3 Å². The molecule has 2 aliphatic carbocycles. The van der Waals surface area contributed by atoms with Gasteiger partial charge in [-0.25, -0.2) is 0 Å². The Morgan fingerprint density at radius 2 is 0.830 bits per heavy atom. The molecule has 0 bridgehead atoms. The van der Waals surface area contributed by atoms with Crippen LogP contribution in [0, 0.1) is 0 Å². The molecule has 0 nitrogen and oxygen atoms in total. The Balaban J connectivity index is 0.000000155. The summed E-state index contributed by atoms with van der Waals surface area (Å²) in [6.45, 7) is 0. The Bertz CT molecular complexity index is 2080. The van der Waals surface area contributed by atoms with Gasteiger partial charge in [-0.15, -0.1) is 85.1 Å². The van der Waals surface area contributed by atoms with Gasteiger partial charge in [0.05, 0.1) is 0 Å². The van der Waals surface area contributed by atoms with Crippen LogP contribution in [0.25, 0.3) is 53.2 Å². The monoisotopic (exact) mass is 720 g/mol. The van der Waals surface area contributed by atoms with Crippen molar-refractivity contribution >= 4 is 57.6 Å². The molecule has 5 heteroatoms. The van der Waals surface area contributed by atoms with Crippen molar-refractivity contribution in [3.05, 3.63) is 143 Å².